The van der Waals surface area contributed by atoms with Crippen molar-refractivity contribution in [1.82, 2.24) is 5.32 Å². The van der Waals surface area contributed by atoms with Crippen LogP contribution in [0.2, 0.25) is 5.02 Å². The minimum Gasteiger partial charge on any atom is -0.325 e. The highest BCUT2D eigenvalue weighted by Crippen LogP contribution is 2.27. The van der Waals surface area contributed by atoms with E-state index >= 15 is 0 Å². The normalized spacial score (nSPS) is 9.56. The van der Waals surface area contributed by atoms with Crippen LogP contribution in [0.5, 0.6) is 0 Å². The van der Waals surface area contributed by atoms with Crippen molar-refractivity contribution in [3.63, 3.8) is 0 Å². The molecule has 6 nitrogen and oxygen atoms in total. The maximum Gasteiger partial charge on any atom is 0.289 e. The average Bonchev–Trinajstić information content (AvgIpc) is 2.31. The molecule has 0 fully saturated rings. The molecule has 0 radical (unpaired) electrons. The molecule has 0 atom stereocenters. The molecular weight excluding hydrogens is 258 g/mol. The van der Waals surface area contributed by atoms with E-state index in [1.165, 1.54) is 18.2 Å². The second-order valence-corrected chi connectivity index (χ2v) is 3.69. The molecule has 0 aliphatic rings. The van der Waals surface area contributed by atoms with E-state index in [1.54, 1.807) is 0 Å². The Morgan fingerprint density at radius 3 is 2.89 bits per heavy atom. The monoisotopic (exact) mass is 267 g/mol. The van der Waals surface area contributed by atoms with Crippen LogP contribution in [0.4, 0.5) is 11.4 Å². The Balaban J connectivity index is 2.68. The maximum absolute atomic E-state index is 11.4. The van der Waals surface area contributed by atoms with E-state index in [-0.39, 0.29) is 29.7 Å². The van der Waals surface area contributed by atoms with Gasteiger partial charge in [0.1, 0.15) is 5.02 Å². The van der Waals surface area contributed by atoms with Gasteiger partial charge in [0.15, 0.2) is 0 Å². The lowest BCUT2D eigenvalue weighted by Crippen LogP contribution is -2.28. The summed E-state index contributed by atoms with van der Waals surface area (Å²) in [6, 6.07) is 4.03. The molecule has 0 spiro atoms. The number of carbonyl (C=O) groups is 1. The fraction of sp³-hybridized carbons (Fsp3) is 0.182. The first-order valence-corrected chi connectivity index (χ1v) is 5.30. The van der Waals surface area contributed by atoms with Crippen molar-refractivity contribution in [3.8, 4) is 12.3 Å². The molecule has 94 valence electrons. The lowest BCUT2D eigenvalue weighted by atomic mass is 10.3. The van der Waals surface area contributed by atoms with Gasteiger partial charge in [0, 0.05) is 11.8 Å². The van der Waals surface area contributed by atoms with Crippen molar-refractivity contribution in [2.75, 3.05) is 18.4 Å². The summed E-state index contributed by atoms with van der Waals surface area (Å²) in [5.41, 5.74) is 0.0460. The summed E-state index contributed by atoms with van der Waals surface area (Å²) in [6.45, 7) is 0.300. The first kappa shape index (κ1) is 14.0. The van der Waals surface area contributed by atoms with Crippen LogP contribution in [0.1, 0.15) is 0 Å². The quantitative estimate of drug-likeness (QED) is 0.366. The Kier molecular flexibility index (Phi) is 5.11. The molecule has 0 aromatic heterocycles. The van der Waals surface area contributed by atoms with Gasteiger partial charge in [-0.25, -0.2) is 0 Å². The van der Waals surface area contributed by atoms with E-state index in [0.29, 0.717) is 5.69 Å². The van der Waals surface area contributed by atoms with Gasteiger partial charge in [-0.3, -0.25) is 20.2 Å². The van der Waals surface area contributed by atoms with Crippen LogP contribution in [-0.4, -0.2) is 23.9 Å². The van der Waals surface area contributed by atoms with Crippen LogP contribution in [0.25, 0.3) is 0 Å². The van der Waals surface area contributed by atoms with Crippen LogP contribution in [-0.2, 0) is 4.79 Å². The lowest BCUT2D eigenvalue weighted by Gasteiger charge is -2.05. The van der Waals surface area contributed by atoms with Crippen LogP contribution in [0.15, 0.2) is 18.2 Å². The van der Waals surface area contributed by atoms with E-state index in [1.807, 2.05) is 0 Å². The molecule has 0 aliphatic heterocycles. The number of nitrogens with zero attached hydrogens (tertiary/aromatic N) is 1. The zero-order valence-corrected chi connectivity index (χ0v) is 10.0. The van der Waals surface area contributed by atoms with Crippen molar-refractivity contribution in [1.29, 1.82) is 0 Å². The van der Waals surface area contributed by atoms with Crippen molar-refractivity contribution in [3.05, 3.63) is 33.3 Å². The van der Waals surface area contributed by atoms with Crippen molar-refractivity contribution in [2.24, 2.45) is 0 Å². The van der Waals surface area contributed by atoms with Crippen molar-refractivity contribution >= 4 is 28.9 Å². The second-order valence-electron chi connectivity index (χ2n) is 3.28. The van der Waals surface area contributed by atoms with Gasteiger partial charge in [0.2, 0.25) is 5.91 Å². The third-order valence-electron chi connectivity index (χ3n) is 1.94. The summed E-state index contributed by atoms with van der Waals surface area (Å²) in [7, 11) is 0. The number of nitrogens with one attached hydrogen (secondary N) is 2. The summed E-state index contributed by atoms with van der Waals surface area (Å²) in [5, 5.41) is 15.8. The molecular formula is C11H10ClN3O3. The van der Waals surface area contributed by atoms with Crippen LogP contribution < -0.4 is 10.6 Å². The van der Waals surface area contributed by atoms with Crippen LogP contribution in [0.3, 0.4) is 0 Å². The summed E-state index contributed by atoms with van der Waals surface area (Å²) >= 11 is 5.64. The van der Waals surface area contributed by atoms with E-state index in [9.17, 15) is 14.9 Å². The molecule has 2 N–H and O–H groups in total. The smallest absolute Gasteiger partial charge is 0.289 e. The number of halogens is 1. The predicted octanol–water partition coefficient (Wildman–Crippen LogP) is 1.41. The summed E-state index contributed by atoms with van der Waals surface area (Å²) in [4.78, 5) is 21.4. The van der Waals surface area contributed by atoms with Crippen LogP contribution in [0, 0.1) is 22.5 Å². The minimum atomic E-state index is -0.616. The number of hydrogen-bond donors (Lipinski definition) is 2. The Hall–Kier alpha value is -2.10. The average molecular weight is 268 g/mol. The molecule has 1 aromatic rings. The molecule has 0 saturated carbocycles. The largest absolute Gasteiger partial charge is 0.325 e. The lowest BCUT2D eigenvalue weighted by molar-refractivity contribution is -0.384. The first-order chi connectivity index (χ1) is 8.54. The van der Waals surface area contributed by atoms with Gasteiger partial charge in [-0.15, -0.1) is 6.42 Å². The van der Waals surface area contributed by atoms with Crippen LogP contribution >= 0.6 is 11.6 Å². The third kappa shape index (κ3) is 4.05. The van der Waals surface area contributed by atoms with Gasteiger partial charge in [0.25, 0.3) is 5.69 Å². The number of rotatable bonds is 5. The highest BCUT2D eigenvalue weighted by Gasteiger charge is 2.13. The van der Waals surface area contributed by atoms with Gasteiger partial charge in [-0.2, -0.15) is 0 Å². The number of terminal acetylenes is 1. The van der Waals surface area contributed by atoms with Crippen molar-refractivity contribution in [2.45, 2.75) is 0 Å². The molecule has 18 heavy (non-hydrogen) atoms. The van der Waals surface area contributed by atoms with E-state index in [2.05, 4.69) is 16.6 Å². The van der Waals surface area contributed by atoms with Crippen molar-refractivity contribution < 1.29 is 9.72 Å². The minimum absolute atomic E-state index is 0.0171. The number of benzene rings is 1. The topological polar surface area (TPSA) is 84.3 Å². The Morgan fingerprint density at radius 2 is 2.28 bits per heavy atom. The zero-order valence-electron chi connectivity index (χ0n) is 9.27. The molecule has 0 unspecified atom stereocenters. The highest BCUT2D eigenvalue weighted by molar-refractivity contribution is 6.32. The predicted molar refractivity (Wildman–Crippen MR) is 68.4 cm³/mol. The van der Waals surface area contributed by atoms with Gasteiger partial charge in [-0.1, -0.05) is 17.5 Å². The highest BCUT2D eigenvalue weighted by atomic mass is 35.5. The van der Waals surface area contributed by atoms with Gasteiger partial charge in [-0.05, 0) is 12.1 Å². The van der Waals surface area contributed by atoms with E-state index in [4.69, 9.17) is 18.0 Å². The summed E-state index contributed by atoms with van der Waals surface area (Å²) in [5.74, 6) is 1.98. The molecule has 7 heteroatoms. The van der Waals surface area contributed by atoms with Gasteiger partial charge >= 0.3 is 0 Å². The standard InChI is InChI=1S/C11H10ClN3O3/c1-2-5-13-7-11(16)14-8-3-4-9(12)10(6-8)15(17)18/h1,3-4,6,13H,5,7H2,(H,14,16). The molecule has 0 bridgehead atoms. The molecule has 1 aromatic carbocycles. The van der Waals surface area contributed by atoms with E-state index in [0.717, 1.165) is 0 Å². The maximum atomic E-state index is 11.4. The number of anilines is 1. The number of nitro benzene ring substituents is 1. The number of nitro groups is 1. The Labute approximate surface area is 108 Å². The molecule has 0 saturated heterocycles. The van der Waals surface area contributed by atoms with Gasteiger partial charge in [0.05, 0.1) is 18.0 Å². The fourth-order valence-corrected chi connectivity index (χ4v) is 1.37. The third-order valence-corrected chi connectivity index (χ3v) is 2.26. The van der Waals surface area contributed by atoms with E-state index < -0.39 is 4.92 Å². The Bertz CT molecular complexity index is 511. The number of amides is 1. The SMILES string of the molecule is C#CCNCC(=O)Nc1ccc(Cl)c([N+](=O)[O-])c1. The molecule has 1 rings (SSSR count). The first-order valence-electron chi connectivity index (χ1n) is 4.92. The summed E-state index contributed by atoms with van der Waals surface area (Å²) < 4.78 is 0. The molecule has 1 amide bonds. The summed E-state index contributed by atoms with van der Waals surface area (Å²) in [6.07, 6.45) is 5.00. The fourth-order valence-electron chi connectivity index (χ4n) is 1.18. The Morgan fingerprint density at radius 1 is 1.56 bits per heavy atom. The zero-order chi connectivity index (χ0) is 13.5. The second kappa shape index (κ2) is 6.59. The van der Waals surface area contributed by atoms with Gasteiger partial charge < -0.3 is 5.32 Å². The molecule has 0 heterocycles. The number of carbonyl (C=O) groups excluding carboxylic acids is 1. The number of hydrogen-bond acceptors (Lipinski definition) is 4. The molecule has 0 aliphatic carbocycles.